The van der Waals surface area contributed by atoms with E-state index >= 15 is 0 Å². The summed E-state index contributed by atoms with van der Waals surface area (Å²) >= 11 is 0. The van der Waals surface area contributed by atoms with Crippen LogP contribution in [0, 0.1) is 5.41 Å². The van der Waals surface area contributed by atoms with Gasteiger partial charge in [-0.15, -0.1) is 0 Å². The lowest BCUT2D eigenvalue weighted by molar-refractivity contribution is 0.494. The third-order valence-corrected chi connectivity index (χ3v) is 13.9. The summed E-state index contributed by atoms with van der Waals surface area (Å²) in [7, 11) is -1.67. The van der Waals surface area contributed by atoms with E-state index in [2.05, 4.69) is 160 Å². The van der Waals surface area contributed by atoms with Crippen LogP contribution in [0.4, 0.5) is 0 Å². The predicted molar refractivity (Wildman–Crippen MR) is 190 cm³/mol. The van der Waals surface area contributed by atoms with Crippen LogP contribution in [0.25, 0.3) is 61.7 Å². The van der Waals surface area contributed by atoms with E-state index < -0.39 is 8.80 Å². The summed E-state index contributed by atoms with van der Waals surface area (Å²) in [6.07, 6.45) is 2.56. The molecule has 0 spiro atoms. The highest BCUT2D eigenvalue weighted by molar-refractivity contribution is 6.92. The molecule has 2 aliphatic heterocycles. The van der Waals surface area contributed by atoms with Crippen LogP contribution in [0.15, 0.2) is 139 Å². The highest BCUT2D eigenvalue weighted by Crippen LogP contribution is 2.55. The van der Waals surface area contributed by atoms with E-state index in [4.69, 9.17) is 0 Å². The summed E-state index contributed by atoms with van der Waals surface area (Å²) in [5.74, 6) is 0. The van der Waals surface area contributed by atoms with Gasteiger partial charge in [0.25, 0.3) is 0 Å². The molecule has 9 rings (SSSR count). The van der Waals surface area contributed by atoms with Crippen LogP contribution < -0.4 is 10.4 Å². The SMILES string of the molecule is CC(C)(C)C1=Cc2ccc3c(-c4cc(-c5ccccc5)cc(-c5ccccc5)c4)c2C1[SiH]1c2ccccc2-c2cccc-3c21. The highest BCUT2D eigenvalue weighted by atomic mass is 28.3. The van der Waals surface area contributed by atoms with Crippen LogP contribution >= 0.6 is 0 Å². The van der Waals surface area contributed by atoms with Gasteiger partial charge in [0.2, 0.25) is 0 Å². The maximum Gasteiger partial charge on any atom is 0.116 e. The summed E-state index contributed by atoms with van der Waals surface area (Å²) in [4.78, 5) is 0. The molecule has 0 radical (unpaired) electrons. The molecular weight excluding hydrogens is 545 g/mol. The average molecular weight is 579 g/mol. The first-order chi connectivity index (χ1) is 21.5. The number of benzene rings is 6. The summed E-state index contributed by atoms with van der Waals surface area (Å²) in [6.45, 7) is 7.26. The minimum absolute atomic E-state index is 0.0756. The Hall–Kier alpha value is -4.72. The highest BCUT2D eigenvalue weighted by Gasteiger charge is 2.48. The molecule has 6 aromatic rings. The van der Waals surface area contributed by atoms with Crippen LogP contribution in [-0.4, -0.2) is 8.80 Å². The van der Waals surface area contributed by atoms with Crippen molar-refractivity contribution in [2.75, 3.05) is 0 Å². The van der Waals surface area contributed by atoms with Gasteiger partial charge >= 0.3 is 0 Å². The molecule has 0 fully saturated rings. The van der Waals surface area contributed by atoms with Crippen molar-refractivity contribution in [3.63, 3.8) is 0 Å². The average Bonchev–Trinajstić information content (AvgIpc) is 3.59. The Bertz CT molecular complexity index is 2090. The number of hydrogen-bond acceptors (Lipinski definition) is 0. The number of fused-ring (bicyclic) bond motifs is 6. The molecule has 2 unspecified atom stereocenters. The van der Waals surface area contributed by atoms with E-state index in [9.17, 15) is 0 Å². The van der Waals surface area contributed by atoms with E-state index in [1.165, 1.54) is 61.2 Å². The number of allylic oxidation sites excluding steroid dienone is 1. The predicted octanol–water partition coefficient (Wildman–Crippen LogP) is 9.76. The monoisotopic (exact) mass is 578 g/mol. The molecule has 210 valence electrons. The smallest absolute Gasteiger partial charge is 0.0623 e. The van der Waals surface area contributed by atoms with Crippen LogP contribution in [0.3, 0.4) is 0 Å². The van der Waals surface area contributed by atoms with Crippen molar-refractivity contribution in [1.29, 1.82) is 0 Å². The zero-order valence-corrected chi connectivity index (χ0v) is 26.6. The molecule has 1 heteroatoms. The Morgan fingerprint density at radius 1 is 0.500 bits per heavy atom. The summed E-state index contributed by atoms with van der Waals surface area (Å²) < 4.78 is 0. The second kappa shape index (κ2) is 9.39. The van der Waals surface area contributed by atoms with Crippen LogP contribution in [0.2, 0.25) is 0 Å². The first kappa shape index (κ1) is 25.7. The molecule has 2 atom stereocenters. The lowest BCUT2D eigenvalue weighted by Crippen LogP contribution is -2.45. The van der Waals surface area contributed by atoms with Crippen LogP contribution in [-0.2, 0) is 0 Å². The molecule has 2 bridgehead atoms. The minimum Gasteiger partial charge on any atom is -0.0623 e. The van der Waals surface area contributed by atoms with Gasteiger partial charge in [-0.3, -0.25) is 0 Å². The Labute approximate surface area is 262 Å². The van der Waals surface area contributed by atoms with Crippen molar-refractivity contribution in [3.8, 4) is 55.6 Å². The van der Waals surface area contributed by atoms with Gasteiger partial charge in [0.05, 0.1) is 0 Å². The Morgan fingerprint density at radius 3 is 1.73 bits per heavy atom. The van der Waals surface area contributed by atoms with Crippen molar-refractivity contribution in [2.24, 2.45) is 5.41 Å². The topological polar surface area (TPSA) is 0 Å². The van der Waals surface area contributed by atoms with Crippen molar-refractivity contribution in [2.45, 2.75) is 26.3 Å². The van der Waals surface area contributed by atoms with Crippen molar-refractivity contribution in [3.05, 3.63) is 150 Å². The zero-order chi connectivity index (χ0) is 29.6. The van der Waals surface area contributed by atoms with E-state index in [0.29, 0.717) is 5.54 Å². The second-order valence-electron chi connectivity index (χ2n) is 13.7. The molecule has 0 N–H and O–H groups in total. The Morgan fingerprint density at radius 2 is 1.07 bits per heavy atom. The summed E-state index contributed by atoms with van der Waals surface area (Å²) in [5.41, 5.74) is 18.6. The fraction of sp³-hybridized carbons (Fsp3) is 0.116. The van der Waals surface area contributed by atoms with Crippen LogP contribution in [0.5, 0.6) is 0 Å². The molecule has 3 aliphatic rings. The summed E-state index contributed by atoms with van der Waals surface area (Å²) in [5, 5.41) is 3.26. The number of rotatable bonds is 3. The van der Waals surface area contributed by atoms with Crippen molar-refractivity contribution in [1.82, 2.24) is 0 Å². The van der Waals surface area contributed by atoms with E-state index in [-0.39, 0.29) is 5.41 Å². The lowest BCUT2D eigenvalue weighted by Gasteiger charge is -2.32. The summed E-state index contributed by atoms with van der Waals surface area (Å²) in [6, 6.07) is 50.3. The quantitative estimate of drug-likeness (QED) is 0.183. The molecule has 44 heavy (non-hydrogen) atoms. The molecule has 2 heterocycles. The normalized spacial score (nSPS) is 17.1. The first-order valence-electron chi connectivity index (χ1n) is 15.9. The molecule has 0 aromatic heterocycles. The molecule has 1 aliphatic carbocycles. The largest absolute Gasteiger partial charge is 0.116 e. The molecule has 0 nitrogen and oxygen atoms in total. The molecular formula is C43H34Si. The molecule has 6 aromatic carbocycles. The molecule has 0 saturated heterocycles. The van der Waals surface area contributed by atoms with Gasteiger partial charge in [0, 0.05) is 5.54 Å². The molecule has 0 amide bonds. The molecule has 0 saturated carbocycles. The van der Waals surface area contributed by atoms with Crippen molar-refractivity contribution < 1.29 is 0 Å². The standard InChI is InChI=1S/C43H34Si/c1-43(2,3)37-26-29-21-22-34-36-19-12-18-35-33-17-10-11-20-38(33)44(41(35)36)42(37)40(29)39(34)32-24-30(27-13-6-4-7-14-27)23-31(25-32)28-15-8-5-9-16-28/h4-26,42,44H,1-3H3. The lowest BCUT2D eigenvalue weighted by atomic mass is 9.82. The van der Waals surface area contributed by atoms with Gasteiger partial charge in [-0.1, -0.05) is 148 Å². The third kappa shape index (κ3) is 3.69. The minimum atomic E-state index is -1.67. The van der Waals surface area contributed by atoms with Gasteiger partial charge < -0.3 is 0 Å². The van der Waals surface area contributed by atoms with Gasteiger partial charge in [-0.2, -0.15) is 0 Å². The maximum atomic E-state index is 2.56. The zero-order valence-electron chi connectivity index (χ0n) is 25.4. The van der Waals surface area contributed by atoms with Gasteiger partial charge in [-0.05, 0) is 101 Å². The van der Waals surface area contributed by atoms with E-state index in [1.807, 2.05) is 0 Å². The fourth-order valence-electron chi connectivity index (χ4n) is 8.33. The Kier molecular flexibility index (Phi) is 5.49. The second-order valence-corrected chi connectivity index (χ2v) is 16.5. The van der Waals surface area contributed by atoms with Crippen LogP contribution in [0.1, 0.15) is 37.4 Å². The van der Waals surface area contributed by atoms with E-state index in [1.54, 1.807) is 21.5 Å². The van der Waals surface area contributed by atoms with Gasteiger partial charge in [0.1, 0.15) is 8.80 Å². The number of hydrogen-bond donors (Lipinski definition) is 0. The van der Waals surface area contributed by atoms with E-state index in [0.717, 1.165) is 0 Å². The van der Waals surface area contributed by atoms with Crippen molar-refractivity contribution >= 4 is 25.2 Å². The fourth-order valence-corrected chi connectivity index (χ4v) is 13.1. The van der Waals surface area contributed by atoms with Gasteiger partial charge in [0.15, 0.2) is 0 Å². The van der Waals surface area contributed by atoms with Gasteiger partial charge in [-0.25, -0.2) is 0 Å². The third-order valence-electron chi connectivity index (χ3n) is 10.2. The first-order valence-corrected chi connectivity index (χ1v) is 17.7. The maximum absolute atomic E-state index is 2.56. The Balaban J connectivity index is 1.39.